The molecule has 0 saturated heterocycles. The van der Waals surface area contributed by atoms with Crippen LogP contribution < -0.4 is 5.32 Å². The number of aromatic amines is 1. The molecule has 0 fully saturated rings. The number of esters is 1. The average molecular weight is 355 g/mol. The maximum absolute atomic E-state index is 12.3. The maximum atomic E-state index is 12.3. The molecule has 2 N–H and O–H groups in total. The molecule has 0 bridgehead atoms. The third-order valence-electron chi connectivity index (χ3n) is 4.24. The summed E-state index contributed by atoms with van der Waals surface area (Å²) in [5.74, 6) is -0.792. The van der Waals surface area contributed by atoms with Gasteiger partial charge in [-0.25, -0.2) is 4.79 Å². The second-order valence-electron chi connectivity index (χ2n) is 5.88. The number of rotatable bonds is 4. The summed E-state index contributed by atoms with van der Waals surface area (Å²) >= 11 is 0. The fourth-order valence-corrected chi connectivity index (χ4v) is 3.01. The fraction of sp³-hybridized carbons (Fsp3) is 0.222. The lowest BCUT2D eigenvalue weighted by molar-refractivity contribution is -0.384. The average Bonchev–Trinajstić information content (AvgIpc) is 3.04. The minimum atomic E-state index is -0.510. The lowest BCUT2D eigenvalue weighted by Crippen LogP contribution is -2.06. The molecule has 1 aromatic heterocycles. The van der Waals surface area contributed by atoms with Crippen LogP contribution >= 0.6 is 0 Å². The van der Waals surface area contributed by atoms with Crippen LogP contribution in [0.1, 0.15) is 39.8 Å². The highest BCUT2D eigenvalue weighted by Crippen LogP contribution is 2.36. The molecule has 26 heavy (non-hydrogen) atoms. The molecule has 134 valence electrons. The van der Waals surface area contributed by atoms with Gasteiger partial charge in [-0.2, -0.15) is 0 Å². The SMILES string of the molecule is CCOC(=O)c1c(C)[nH]c(/C=C2\C(=O)Nc3ccc([N+](=O)[O-])cc32)c1C. The number of carbonyl (C=O) groups excluding carboxylic acids is 2. The summed E-state index contributed by atoms with van der Waals surface area (Å²) in [6, 6.07) is 4.20. The summed E-state index contributed by atoms with van der Waals surface area (Å²) in [5, 5.41) is 13.7. The van der Waals surface area contributed by atoms with Crippen LogP contribution in [0.2, 0.25) is 0 Å². The summed E-state index contributed by atoms with van der Waals surface area (Å²) in [5.41, 5.74) is 3.45. The van der Waals surface area contributed by atoms with Crippen LogP contribution in [-0.2, 0) is 9.53 Å². The molecular weight excluding hydrogens is 338 g/mol. The zero-order valence-corrected chi connectivity index (χ0v) is 14.5. The first-order chi connectivity index (χ1) is 12.3. The van der Waals surface area contributed by atoms with Gasteiger partial charge in [-0.3, -0.25) is 14.9 Å². The van der Waals surface area contributed by atoms with E-state index in [0.29, 0.717) is 39.3 Å². The first-order valence-electron chi connectivity index (χ1n) is 8.01. The zero-order valence-electron chi connectivity index (χ0n) is 14.5. The lowest BCUT2D eigenvalue weighted by Gasteiger charge is -2.02. The number of fused-ring (bicyclic) bond motifs is 1. The number of hydrogen-bond donors (Lipinski definition) is 2. The van der Waals surface area contributed by atoms with Crippen LogP contribution in [0.3, 0.4) is 0 Å². The van der Waals surface area contributed by atoms with Crippen molar-refractivity contribution >= 4 is 34.9 Å². The lowest BCUT2D eigenvalue weighted by atomic mass is 10.0. The Hall–Kier alpha value is -3.42. The Morgan fingerprint density at radius 3 is 2.73 bits per heavy atom. The predicted molar refractivity (Wildman–Crippen MR) is 95.8 cm³/mol. The normalized spacial score (nSPS) is 14.3. The van der Waals surface area contributed by atoms with Gasteiger partial charge in [0.05, 0.1) is 22.7 Å². The van der Waals surface area contributed by atoms with Crippen LogP contribution in [-0.4, -0.2) is 28.4 Å². The maximum Gasteiger partial charge on any atom is 0.340 e. The van der Waals surface area contributed by atoms with Gasteiger partial charge in [0, 0.05) is 34.8 Å². The molecule has 8 heteroatoms. The van der Waals surface area contributed by atoms with Crippen LogP contribution in [0.4, 0.5) is 11.4 Å². The van der Waals surface area contributed by atoms with Crippen LogP contribution in [0.15, 0.2) is 18.2 Å². The highest BCUT2D eigenvalue weighted by Gasteiger charge is 2.27. The molecule has 1 aliphatic rings. The predicted octanol–water partition coefficient (Wildman–Crippen LogP) is 3.21. The van der Waals surface area contributed by atoms with E-state index in [2.05, 4.69) is 10.3 Å². The summed E-state index contributed by atoms with van der Waals surface area (Å²) in [7, 11) is 0. The standard InChI is InChI=1S/C18H17N3O5/c1-4-26-18(23)16-9(2)15(19-10(16)3)8-13-12-7-11(21(24)25)5-6-14(12)20-17(13)22/h5-8,19H,4H2,1-3H3,(H,20,22)/b13-8-. The molecular formula is C18H17N3O5. The molecule has 0 saturated carbocycles. The summed E-state index contributed by atoms with van der Waals surface area (Å²) in [4.78, 5) is 38.0. The highest BCUT2D eigenvalue weighted by molar-refractivity contribution is 6.35. The van der Waals surface area contributed by atoms with Crippen molar-refractivity contribution in [3.05, 3.63) is 56.4 Å². The Labute approximate surface area is 149 Å². The van der Waals surface area contributed by atoms with Gasteiger partial charge >= 0.3 is 5.97 Å². The molecule has 0 unspecified atom stereocenters. The van der Waals surface area contributed by atoms with Gasteiger partial charge in [0.25, 0.3) is 11.6 Å². The van der Waals surface area contributed by atoms with E-state index in [1.807, 2.05) is 0 Å². The number of nitro groups is 1. The van der Waals surface area contributed by atoms with E-state index in [4.69, 9.17) is 4.74 Å². The van der Waals surface area contributed by atoms with Gasteiger partial charge in [-0.15, -0.1) is 0 Å². The molecule has 1 amide bonds. The number of nitrogens with one attached hydrogen (secondary N) is 2. The first-order valence-corrected chi connectivity index (χ1v) is 8.01. The third kappa shape index (κ3) is 2.85. The smallest absolute Gasteiger partial charge is 0.340 e. The van der Waals surface area contributed by atoms with Crippen molar-refractivity contribution in [2.45, 2.75) is 20.8 Å². The topological polar surface area (TPSA) is 114 Å². The van der Waals surface area contributed by atoms with Gasteiger partial charge in [0.1, 0.15) is 0 Å². The summed E-state index contributed by atoms with van der Waals surface area (Å²) in [6.07, 6.45) is 1.59. The van der Waals surface area contributed by atoms with Crippen molar-refractivity contribution in [1.82, 2.24) is 4.98 Å². The monoisotopic (exact) mass is 355 g/mol. The van der Waals surface area contributed by atoms with Crippen LogP contribution in [0.5, 0.6) is 0 Å². The second kappa shape index (κ2) is 6.47. The Morgan fingerprint density at radius 1 is 1.35 bits per heavy atom. The van der Waals surface area contributed by atoms with Crippen molar-refractivity contribution in [1.29, 1.82) is 0 Å². The molecule has 1 aliphatic heterocycles. The van der Waals surface area contributed by atoms with Crippen molar-refractivity contribution in [3.63, 3.8) is 0 Å². The number of aromatic nitrogens is 1. The van der Waals surface area contributed by atoms with Gasteiger partial charge in [0.2, 0.25) is 0 Å². The minimum Gasteiger partial charge on any atom is -0.462 e. The van der Waals surface area contributed by atoms with Crippen molar-refractivity contribution in [2.75, 3.05) is 11.9 Å². The first kappa shape index (κ1) is 17.4. The Kier molecular flexibility index (Phi) is 4.33. The largest absolute Gasteiger partial charge is 0.462 e. The number of hydrogen-bond acceptors (Lipinski definition) is 5. The van der Waals surface area contributed by atoms with E-state index in [9.17, 15) is 19.7 Å². The van der Waals surface area contributed by atoms with Crippen LogP contribution in [0, 0.1) is 24.0 Å². The summed E-state index contributed by atoms with van der Waals surface area (Å²) in [6.45, 7) is 5.49. The van der Waals surface area contributed by atoms with Gasteiger partial charge < -0.3 is 15.0 Å². The number of non-ortho nitro benzene ring substituents is 1. The van der Waals surface area contributed by atoms with E-state index >= 15 is 0 Å². The molecule has 3 rings (SSSR count). The number of H-pyrrole nitrogens is 1. The Bertz CT molecular complexity index is 971. The van der Waals surface area contributed by atoms with Crippen molar-refractivity contribution < 1.29 is 19.2 Å². The number of ether oxygens (including phenoxy) is 1. The van der Waals surface area contributed by atoms with Crippen LogP contribution in [0.25, 0.3) is 11.6 Å². The molecule has 1 aromatic carbocycles. The molecule has 8 nitrogen and oxygen atoms in total. The molecule has 0 atom stereocenters. The number of amides is 1. The van der Waals surface area contributed by atoms with Crippen molar-refractivity contribution in [2.24, 2.45) is 0 Å². The molecule has 2 aromatic rings. The number of carbonyl (C=O) groups is 2. The number of benzene rings is 1. The number of anilines is 1. The zero-order chi connectivity index (χ0) is 19.0. The molecule has 0 spiro atoms. The molecule has 0 aliphatic carbocycles. The number of nitrogens with zero attached hydrogens (tertiary/aromatic N) is 1. The molecule has 2 heterocycles. The third-order valence-corrected chi connectivity index (χ3v) is 4.24. The van der Waals surface area contributed by atoms with E-state index in [1.54, 1.807) is 26.8 Å². The Morgan fingerprint density at radius 2 is 2.08 bits per heavy atom. The number of nitro benzene ring substituents is 1. The summed E-state index contributed by atoms with van der Waals surface area (Å²) < 4.78 is 5.06. The number of aryl methyl sites for hydroxylation is 1. The van der Waals surface area contributed by atoms with E-state index < -0.39 is 10.9 Å². The van der Waals surface area contributed by atoms with E-state index in [-0.39, 0.29) is 18.2 Å². The van der Waals surface area contributed by atoms with Gasteiger partial charge in [-0.05, 0) is 38.5 Å². The van der Waals surface area contributed by atoms with E-state index in [1.165, 1.54) is 18.2 Å². The van der Waals surface area contributed by atoms with Gasteiger partial charge in [-0.1, -0.05) is 0 Å². The second-order valence-corrected chi connectivity index (χ2v) is 5.88. The van der Waals surface area contributed by atoms with Gasteiger partial charge in [0.15, 0.2) is 0 Å². The quantitative estimate of drug-likeness (QED) is 0.378. The van der Waals surface area contributed by atoms with Crippen molar-refractivity contribution in [3.8, 4) is 0 Å². The van der Waals surface area contributed by atoms with E-state index in [0.717, 1.165) is 0 Å². The molecule has 0 radical (unpaired) electrons. The minimum absolute atomic E-state index is 0.0993. The highest BCUT2D eigenvalue weighted by atomic mass is 16.6. The fourth-order valence-electron chi connectivity index (χ4n) is 3.01. The Balaban J connectivity index is 2.09.